The number of hydrogen-bond donors (Lipinski definition) is 0. The first-order valence-electron chi connectivity index (χ1n) is 9.99. The molecule has 0 radical (unpaired) electrons. The van der Waals surface area contributed by atoms with Crippen LogP contribution in [0.25, 0.3) is 0 Å². The fraction of sp³-hybridized carbons (Fsp3) is 0.600. The first-order chi connectivity index (χ1) is 13.1. The van der Waals surface area contributed by atoms with Crippen LogP contribution in [0.5, 0.6) is 0 Å². The minimum absolute atomic E-state index is 0.271. The summed E-state index contributed by atoms with van der Waals surface area (Å²) in [6.45, 7) is 7.51. The van der Waals surface area contributed by atoms with E-state index in [0.717, 1.165) is 62.5 Å². The predicted octanol–water partition coefficient (Wildman–Crippen LogP) is 2.04. The second kappa shape index (κ2) is 6.32. The minimum atomic E-state index is 0.271. The van der Waals surface area contributed by atoms with E-state index in [4.69, 9.17) is 0 Å². The first-order valence-corrected chi connectivity index (χ1v) is 9.99. The van der Waals surface area contributed by atoms with Gasteiger partial charge in [-0.3, -0.25) is 9.48 Å². The van der Waals surface area contributed by atoms with Gasteiger partial charge in [0.1, 0.15) is 12.1 Å². The Hall–Kier alpha value is -2.44. The number of rotatable bonds is 3. The van der Waals surface area contributed by atoms with Gasteiger partial charge in [0, 0.05) is 36.8 Å². The predicted molar refractivity (Wildman–Crippen MR) is 101 cm³/mol. The van der Waals surface area contributed by atoms with Crippen LogP contribution in [0.4, 0.5) is 5.82 Å². The van der Waals surface area contributed by atoms with Crippen LogP contribution in [0.3, 0.4) is 0 Å². The largest absolute Gasteiger partial charge is 0.354 e. The second-order valence-electron chi connectivity index (χ2n) is 8.17. The van der Waals surface area contributed by atoms with E-state index in [0.29, 0.717) is 18.5 Å². The highest BCUT2D eigenvalue weighted by molar-refractivity contribution is 5.81. The Bertz CT molecular complexity index is 887. The van der Waals surface area contributed by atoms with E-state index >= 15 is 0 Å². The summed E-state index contributed by atoms with van der Waals surface area (Å²) in [7, 11) is 0. The van der Waals surface area contributed by atoms with Gasteiger partial charge in [-0.2, -0.15) is 5.10 Å². The molecule has 27 heavy (non-hydrogen) atoms. The topological polar surface area (TPSA) is 67.2 Å². The number of carbonyl (C=O) groups is 1. The number of amides is 1. The van der Waals surface area contributed by atoms with Crippen molar-refractivity contribution in [1.29, 1.82) is 0 Å². The van der Waals surface area contributed by atoms with Crippen molar-refractivity contribution in [2.24, 2.45) is 5.92 Å². The van der Waals surface area contributed by atoms with Crippen LogP contribution in [-0.2, 0) is 17.8 Å². The zero-order chi connectivity index (χ0) is 18.5. The molecule has 7 heteroatoms. The zero-order valence-corrected chi connectivity index (χ0v) is 16.1. The highest BCUT2D eigenvalue weighted by Gasteiger charge is 2.36. The summed E-state index contributed by atoms with van der Waals surface area (Å²) in [4.78, 5) is 25.9. The Morgan fingerprint density at radius 1 is 1.15 bits per heavy atom. The molecule has 0 unspecified atom stereocenters. The van der Waals surface area contributed by atoms with E-state index in [9.17, 15) is 4.79 Å². The Labute approximate surface area is 159 Å². The number of fused-ring (bicyclic) bond motifs is 1. The Kier molecular flexibility index (Phi) is 3.91. The molecule has 0 spiro atoms. The third-order valence-electron chi connectivity index (χ3n) is 6.08. The van der Waals surface area contributed by atoms with E-state index in [1.165, 1.54) is 11.3 Å². The van der Waals surface area contributed by atoms with E-state index in [2.05, 4.69) is 37.6 Å². The zero-order valence-electron chi connectivity index (χ0n) is 16.1. The number of aryl methyl sites for hydroxylation is 2. The Morgan fingerprint density at radius 2 is 2.00 bits per heavy atom. The smallest absolute Gasteiger partial charge is 0.226 e. The van der Waals surface area contributed by atoms with Gasteiger partial charge in [0.05, 0.1) is 24.0 Å². The molecule has 7 nitrogen and oxygen atoms in total. The van der Waals surface area contributed by atoms with Crippen molar-refractivity contribution in [2.45, 2.75) is 52.1 Å². The lowest BCUT2D eigenvalue weighted by Crippen LogP contribution is -2.38. The van der Waals surface area contributed by atoms with Gasteiger partial charge in [-0.05, 0) is 45.6 Å². The quantitative estimate of drug-likeness (QED) is 0.832. The average molecular weight is 366 g/mol. The summed E-state index contributed by atoms with van der Waals surface area (Å²) in [6, 6.07) is 2.53. The van der Waals surface area contributed by atoms with Gasteiger partial charge < -0.3 is 9.80 Å². The molecular formula is C20H26N6O. The molecule has 2 aromatic rings. The van der Waals surface area contributed by atoms with Crippen molar-refractivity contribution in [3.63, 3.8) is 0 Å². The molecule has 1 saturated carbocycles. The van der Waals surface area contributed by atoms with Gasteiger partial charge in [-0.1, -0.05) is 0 Å². The average Bonchev–Trinajstić information content (AvgIpc) is 3.31. The first kappa shape index (κ1) is 16.7. The molecule has 142 valence electrons. The van der Waals surface area contributed by atoms with Crippen LogP contribution in [0.15, 0.2) is 12.4 Å². The van der Waals surface area contributed by atoms with Gasteiger partial charge in [0.25, 0.3) is 0 Å². The monoisotopic (exact) mass is 366 g/mol. The maximum absolute atomic E-state index is 12.4. The molecule has 0 bridgehead atoms. The van der Waals surface area contributed by atoms with Crippen LogP contribution in [0.1, 0.15) is 47.9 Å². The molecule has 1 atom stereocenters. The lowest BCUT2D eigenvalue weighted by molar-refractivity contribution is -0.133. The standard InChI is InChI=1S/C20H26N6O/c1-13-9-14(2)26(23-13)16-5-7-24(10-16)19-17-6-8-25(20(27)15-3-4-15)11-18(17)21-12-22-19/h9,12,15-16H,3-8,10-11H2,1-2H3/t16-/m1/s1. The molecular weight excluding hydrogens is 340 g/mol. The SMILES string of the molecule is Cc1cc(C)n([C@@H]2CCN(c3ncnc4c3CCN(C(=O)C3CC3)C4)C2)n1. The molecule has 3 aliphatic rings. The number of nitrogens with zero attached hydrogens (tertiary/aromatic N) is 6. The van der Waals surface area contributed by atoms with Crippen molar-refractivity contribution in [2.75, 3.05) is 24.5 Å². The highest BCUT2D eigenvalue weighted by atomic mass is 16.2. The lowest BCUT2D eigenvalue weighted by Gasteiger charge is -2.31. The maximum atomic E-state index is 12.4. The molecule has 2 aromatic heterocycles. The summed E-state index contributed by atoms with van der Waals surface area (Å²) in [5.74, 6) is 1.64. The van der Waals surface area contributed by atoms with Crippen LogP contribution in [-0.4, -0.2) is 50.2 Å². The molecule has 5 rings (SSSR count). The number of aromatic nitrogens is 4. The van der Waals surface area contributed by atoms with E-state index in [1.54, 1.807) is 6.33 Å². The van der Waals surface area contributed by atoms with Crippen molar-refractivity contribution < 1.29 is 4.79 Å². The van der Waals surface area contributed by atoms with Crippen LogP contribution < -0.4 is 4.90 Å². The van der Waals surface area contributed by atoms with Gasteiger partial charge in [0.2, 0.25) is 5.91 Å². The summed E-state index contributed by atoms with van der Waals surface area (Å²) in [5, 5.41) is 4.67. The highest BCUT2D eigenvalue weighted by Crippen LogP contribution is 2.35. The van der Waals surface area contributed by atoms with Crippen molar-refractivity contribution >= 4 is 11.7 Å². The Morgan fingerprint density at radius 3 is 2.74 bits per heavy atom. The third kappa shape index (κ3) is 2.99. The molecule has 2 aliphatic heterocycles. The summed E-state index contributed by atoms with van der Waals surface area (Å²) >= 11 is 0. The molecule has 1 aliphatic carbocycles. The second-order valence-corrected chi connectivity index (χ2v) is 8.17. The fourth-order valence-electron chi connectivity index (χ4n) is 4.54. The molecule has 1 saturated heterocycles. The molecule has 4 heterocycles. The minimum Gasteiger partial charge on any atom is -0.354 e. The summed E-state index contributed by atoms with van der Waals surface area (Å²) < 4.78 is 2.17. The number of hydrogen-bond acceptors (Lipinski definition) is 5. The molecule has 1 amide bonds. The van der Waals surface area contributed by atoms with Crippen LogP contribution >= 0.6 is 0 Å². The molecule has 0 N–H and O–H groups in total. The Balaban J connectivity index is 1.35. The van der Waals surface area contributed by atoms with Crippen molar-refractivity contribution in [3.05, 3.63) is 35.0 Å². The van der Waals surface area contributed by atoms with Crippen LogP contribution in [0, 0.1) is 19.8 Å². The maximum Gasteiger partial charge on any atom is 0.226 e. The third-order valence-corrected chi connectivity index (χ3v) is 6.08. The number of carbonyl (C=O) groups excluding carboxylic acids is 1. The van der Waals surface area contributed by atoms with E-state index in [1.807, 2.05) is 11.8 Å². The normalized spacial score (nSPS) is 22.2. The van der Waals surface area contributed by atoms with Gasteiger partial charge >= 0.3 is 0 Å². The molecule has 2 fully saturated rings. The van der Waals surface area contributed by atoms with E-state index in [-0.39, 0.29) is 5.92 Å². The van der Waals surface area contributed by atoms with Gasteiger partial charge in [-0.25, -0.2) is 9.97 Å². The van der Waals surface area contributed by atoms with Crippen molar-refractivity contribution in [3.8, 4) is 0 Å². The van der Waals surface area contributed by atoms with E-state index < -0.39 is 0 Å². The fourth-order valence-corrected chi connectivity index (χ4v) is 4.54. The summed E-state index contributed by atoms with van der Waals surface area (Å²) in [6.07, 6.45) is 5.70. The van der Waals surface area contributed by atoms with Gasteiger partial charge in [-0.15, -0.1) is 0 Å². The molecule has 0 aromatic carbocycles. The number of anilines is 1. The van der Waals surface area contributed by atoms with Crippen LogP contribution in [0.2, 0.25) is 0 Å². The van der Waals surface area contributed by atoms with Crippen molar-refractivity contribution in [1.82, 2.24) is 24.6 Å². The summed E-state index contributed by atoms with van der Waals surface area (Å²) in [5.41, 5.74) is 4.55. The van der Waals surface area contributed by atoms with Gasteiger partial charge in [0.15, 0.2) is 0 Å². The lowest BCUT2D eigenvalue weighted by atomic mass is 10.0.